The Bertz CT molecular complexity index is 1210. The smallest absolute Gasteiger partial charge is 0.253 e. The van der Waals surface area contributed by atoms with Crippen LogP contribution in [0.2, 0.25) is 20.1 Å². The summed E-state index contributed by atoms with van der Waals surface area (Å²) in [6, 6.07) is 9.44. The molecule has 2 aromatic carbocycles. The Kier molecular flexibility index (Phi) is 9.72. The number of nitrogens with zero attached hydrogens (tertiary/aromatic N) is 3. The van der Waals surface area contributed by atoms with E-state index in [-0.39, 0.29) is 33.5 Å². The summed E-state index contributed by atoms with van der Waals surface area (Å²) in [5, 5.41) is 16.1. The Morgan fingerprint density at radius 2 is 1.69 bits per heavy atom. The molecule has 0 saturated heterocycles. The highest BCUT2D eigenvalue weighted by molar-refractivity contribution is 7.99. The van der Waals surface area contributed by atoms with E-state index < -0.39 is 6.04 Å². The van der Waals surface area contributed by atoms with E-state index in [4.69, 9.17) is 46.4 Å². The summed E-state index contributed by atoms with van der Waals surface area (Å²) >= 11 is 25.6. The predicted molar refractivity (Wildman–Crippen MR) is 143 cm³/mol. The Morgan fingerprint density at radius 1 is 1.03 bits per heavy atom. The van der Waals surface area contributed by atoms with Gasteiger partial charge in [0.25, 0.3) is 5.91 Å². The first-order valence-electron chi connectivity index (χ1n) is 10.7. The minimum atomic E-state index is -0.416. The minimum Gasteiger partial charge on any atom is -0.342 e. The summed E-state index contributed by atoms with van der Waals surface area (Å²) < 4.78 is 1.87. The van der Waals surface area contributed by atoms with Crippen molar-refractivity contribution < 1.29 is 9.59 Å². The second kappa shape index (κ2) is 12.3. The lowest BCUT2D eigenvalue weighted by Crippen LogP contribution is -2.34. The lowest BCUT2D eigenvalue weighted by molar-refractivity contribution is -0.113. The van der Waals surface area contributed by atoms with Crippen molar-refractivity contribution in [2.45, 2.75) is 38.5 Å². The largest absolute Gasteiger partial charge is 0.342 e. The molecule has 0 radical (unpaired) electrons. The van der Waals surface area contributed by atoms with Gasteiger partial charge in [0.2, 0.25) is 5.91 Å². The number of carbonyl (C=O) groups is 2. The van der Waals surface area contributed by atoms with Crippen LogP contribution in [0.1, 0.15) is 43.0 Å². The zero-order chi connectivity index (χ0) is 25.7. The van der Waals surface area contributed by atoms with Crippen molar-refractivity contribution in [2.24, 2.45) is 5.92 Å². The molecule has 186 valence electrons. The van der Waals surface area contributed by atoms with Gasteiger partial charge in [-0.2, -0.15) is 0 Å². The van der Waals surface area contributed by atoms with Crippen LogP contribution in [-0.4, -0.2) is 32.3 Å². The lowest BCUT2D eigenvalue weighted by Gasteiger charge is -2.22. The van der Waals surface area contributed by atoms with Gasteiger partial charge in [0.15, 0.2) is 11.0 Å². The summed E-state index contributed by atoms with van der Waals surface area (Å²) in [6.45, 7) is 6.45. The van der Waals surface area contributed by atoms with Crippen LogP contribution in [-0.2, 0) is 11.3 Å². The Labute approximate surface area is 227 Å². The molecule has 7 nitrogen and oxygen atoms in total. The first kappa shape index (κ1) is 27.6. The molecule has 0 spiro atoms. The van der Waals surface area contributed by atoms with Crippen molar-refractivity contribution in [1.29, 1.82) is 0 Å². The first-order valence-corrected chi connectivity index (χ1v) is 13.2. The third-order valence-electron chi connectivity index (χ3n) is 5.02. The molecule has 0 fully saturated rings. The maximum Gasteiger partial charge on any atom is 0.253 e. The number of hydrogen-bond donors (Lipinski definition) is 2. The number of rotatable bonds is 9. The van der Waals surface area contributed by atoms with E-state index >= 15 is 0 Å². The van der Waals surface area contributed by atoms with Crippen molar-refractivity contribution in [1.82, 2.24) is 20.1 Å². The van der Waals surface area contributed by atoms with Crippen LogP contribution >= 0.6 is 58.2 Å². The second-order valence-electron chi connectivity index (χ2n) is 7.84. The highest BCUT2D eigenvalue weighted by Gasteiger charge is 2.27. The monoisotopic (exact) mass is 573 g/mol. The molecule has 0 unspecified atom stereocenters. The van der Waals surface area contributed by atoms with E-state index in [1.807, 2.05) is 25.3 Å². The van der Waals surface area contributed by atoms with Crippen LogP contribution in [0.4, 0.5) is 5.69 Å². The molecule has 0 aliphatic heterocycles. The zero-order valence-corrected chi connectivity index (χ0v) is 23.0. The van der Waals surface area contributed by atoms with Crippen LogP contribution in [0.3, 0.4) is 0 Å². The molecule has 1 heterocycles. The molecule has 1 aromatic heterocycles. The van der Waals surface area contributed by atoms with Crippen LogP contribution < -0.4 is 10.6 Å². The number of nitrogens with one attached hydrogen (secondary N) is 2. The molecule has 35 heavy (non-hydrogen) atoms. The second-order valence-corrected chi connectivity index (χ2v) is 10.4. The lowest BCUT2D eigenvalue weighted by atomic mass is 10.0. The van der Waals surface area contributed by atoms with Crippen LogP contribution in [0.15, 0.2) is 41.6 Å². The van der Waals surface area contributed by atoms with Crippen molar-refractivity contribution in [3.05, 3.63) is 67.9 Å². The van der Waals surface area contributed by atoms with Gasteiger partial charge in [0.1, 0.15) is 0 Å². The number of thioether (sulfide) groups is 1. The van der Waals surface area contributed by atoms with Gasteiger partial charge < -0.3 is 15.2 Å². The molecule has 0 bridgehead atoms. The van der Waals surface area contributed by atoms with Gasteiger partial charge in [0.05, 0.1) is 38.1 Å². The summed E-state index contributed by atoms with van der Waals surface area (Å²) in [5.41, 5.74) is 0.677. The van der Waals surface area contributed by atoms with Gasteiger partial charge in [-0.05, 0) is 37.1 Å². The van der Waals surface area contributed by atoms with Gasteiger partial charge in [-0.1, -0.05) is 84.1 Å². The number of benzene rings is 2. The topological polar surface area (TPSA) is 88.9 Å². The quantitative estimate of drug-likeness (QED) is 0.275. The SMILES string of the molecule is CCn1c(SCC(=O)Nc2c(Cl)cc(Cl)cc2Cl)nnc1[C@H](NC(=O)c1ccccc1Cl)C(C)C. The highest BCUT2D eigenvalue weighted by Crippen LogP contribution is 2.34. The number of hydrogen-bond acceptors (Lipinski definition) is 5. The third-order valence-corrected chi connectivity index (χ3v) is 7.13. The standard InChI is InChI=1S/C23H23Cl4N5O2S/c1-4-32-21(19(12(2)3)29-22(34)14-7-5-6-8-15(14)25)30-31-23(32)35-11-18(33)28-20-16(26)9-13(24)10-17(20)27/h5-10,12,19H,4,11H2,1-3H3,(H,28,33)(H,29,34)/t19-/m1/s1. The van der Waals surface area contributed by atoms with E-state index in [2.05, 4.69) is 20.8 Å². The molecular weight excluding hydrogens is 552 g/mol. The molecule has 0 aliphatic carbocycles. The van der Waals surface area contributed by atoms with Crippen LogP contribution in [0, 0.1) is 5.92 Å². The van der Waals surface area contributed by atoms with Gasteiger partial charge in [-0.25, -0.2) is 0 Å². The fourth-order valence-corrected chi connectivity index (χ4v) is 5.24. The number of carbonyl (C=O) groups excluding carboxylic acids is 2. The van der Waals surface area contributed by atoms with E-state index in [9.17, 15) is 9.59 Å². The normalized spacial score (nSPS) is 12.0. The molecule has 0 saturated carbocycles. The maximum atomic E-state index is 12.9. The molecule has 0 aliphatic rings. The Hall–Kier alpha value is -1.97. The maximum absolute atomic E-state index is 12.9. The number of aromatic nitrogens is 3. The summed E-state index contributed by atoms with van der Waals surface area (Å²) in [6.07, 6.45) is 0. The van der Waals surface area contributed by atoms with E-state index in [0.717, 1.165) is 0 Å². The molecule has 3 rings (SSSR count). The van der Waals surface area contributed by atoms with Crippen molar-refractivity contribution in [2.75, 3.05) is 11.1 Å². The zero-order valence-electron chi connectivity index (χ0n) is 19.1. The predicted octanol–water partition coefficient (Wildman–Crippen LogP) is 6.77. The van der Waals surface area contributed by atoms with Crippen molar-refractivity contribution in [3.63, 3.8) is 0 Å². The van der Waals surface area contributed by atoms with Crippen molar-refractivity contribution in [3.8, 4) is 0 Å². The highest BCUT2D eigenvalue weighted by atomic mass is 35.5. The minimum absolute atomic E-state index is 0.0197. The van der Waals surface area contributed by atoms with E-state index in [0.29, 0.717) is 38.8 Å². The molecular formula is C23H23Cl4N5O2S. The molecule has 3 aromatic rings. The summed E-state index contributed by atoms with van der Waals surface area (Å²) in [4.78, 5) is 25.4. The number of anilines is 1. The van der Waals surface area contributed by atoms with Gasteiger partial charge >= 0.3 is 0 Å². The third kappa shape index (κ3) is 6.83. The van der Waals surface area contributed by atoms with Crippen molar-refractivity contribution >= 4 is 75.7 Å². The number of halogens is 4. The average molecular weight is 575 g/mol. The Morgan fingerprint density at radius 3 is 2.29 bits per heavy atom. The Balaban J connectivity index is 1.74. The summed E-state index contributed by atoms with van der Waals surface area (Å²) in [7, 11) is 0. The fraction of sp³-hybridized carbons (Fsp3) is 0.304. The number of amides is 2. The van der Waals surface area contributed by atoms with E-state index in [1.165, 1.54) is 23.9 Å². The first-order chi connectivity index (χ1) is 16.6. The molecule has 2 N–H and O–H groups in total. The van der Waals surface area contributed by atoms with Gasteiger partial charge in [-0.3, -0.25) is 9.59 Å². The fourth-order valence-electron chi connectivity index (χ4n) is 3.30. The summed E-state index contributed by atoms with van der Waals surface area (Å²) in [5.74, 6) is 0.0399. The molecule has 1 atom stereocenters. The van der Waals surface area contributed by atoms with Gasteiger partial charge in [0, 0.05) is 11.6 Å². The average Bonchev–Trinajstić information content (AvgIpc) is 3.20. The van der Waals surface area contributed by atoms with Gasteiger partial charge in [-0.15, -0.1) is 10.2 Å². The molecule has 12 heteroatoms. The van der Waals surface area contributed by atoms with E-state index in [1.54, 1.807) is 24.3 Å². The van der Waals surface area contributed by atoms with Crippen LogP contribution in [0.5, 0.6) is 0 Å². The molecule has 2 amide bonds. The van der Waals surface area contributed by atoms with Crippen LogP contribution in [0.25, 0.3) is 0 Å².